The van der Waals surface area contributed by atoms with Gasteiger partial charge in [0.2, 0.25) is 0 Å². The zero-order chi connectivity index (χ0) is 8.27. The Hall–Kier alpha value is -0.350. The maximum absolute atomic E-state index is 11.2. The molecule has 0 aromatic carbocycles. The van der Waals surface area contributed by atoms with Gasteiger partial charge in [-0.05, 0) is 11.4 Å². The van der Waals surface area contributed by atoms with Crippen LogP contribution in [0.5, 0.6) is 0 Å². The van der Waals surface area contributed by atoms with Gasteiger partial charge in [-0.2, -0.15) is 0 Å². The highest BCUT2D eigenvalue weighted by atomic mass is 79.9. The quantitative estimate of drug-likeness (QED) is 0.644. The van der Waals surface area contributed by atoms with Crippen LogP contribution in [0.4, 0.5) is 5.00 Å². The molecule has 0 saturated heterocycles. The summed E-state index contributed by atoms with van der Waals surface area (Å²) < 4.78 is 0. The lowest BCUT2D eigenvalue weighted by Crippen LogP contribution is -2.00. The first kappa shape index (κ1) is 8.74. The third-order valence-corrected chi connectivity index (χ3v) is 2.46. The zero-order valence-electron chi connectivity index (χ0n) is 5.84. The molecule has 0 radical (unpaired) electrons. The van der Waals surface area contributed by atoms with Gasteiger partial charge in [-0.15, -0.1) is 11.3 Å². The first-order chi connectivity index (χ1) is 5.25. The average molecular weight is 234 g/mol. The topological polar surface area (TPSA) is 43.1 Å². The minimum atomic E-state index is 0.112. The number of halogens is 1. The van der Waals surface area contributed by atoms with Crippen molar-refractivity contribution in [2.45, 2.75) is 6.42 Å². The maximum Gasteiger partial charge on any atom is 0.166 e. The van der Waals surface area contributed by atoms with E-state index in [1.54, 1.807) is 6.07 Å². The fraction of sp³-hybridized carbons (Fsp3) is 0.286. The number of alkyl halides is 1. The molecular weight excluding hydrogens is 226 g/mol. The zero-order valence-corrected chi connectivity index (χ0v) is 8.24. The molecule has 60 valence electrons. The minimum absolute atomic E-state index is 0.112. The molecule has 0 aliphatic carbocycles. The van der Waals surface area contributed by atoms with Crippen molar-refractivity contribution in [3.63, 3.8) is 0 Å². The molecule has 0 saturated carbocycles. The Labute approximate surface area is 77.5 Å². The van der Waals surface area contributed by atoms with Gasteiger partial charge < -0.3 is 5.73 Å². The van der Waals surface area contributed by atoms with Crippen LogP contribution in [0.25, 0.3) is 0 Å². The van der Waals surface area contributed by atoms with Crippen molar-refractivity contribution in [2.24, 2.45) is 0 Å². The number of Topliss-reactive ketones (excluding diaryl/α,β-unsaturated/α-hetero) is 1. The molecule has 0 unspecified atom stereocenters. The number of thiophene rings is 1. The van der Waals surface area contributed by atoms with E-state index in [1.807, 2.05) is 5.38 Å². The first-order valence-corrected chi connectivity index (χ1v) is 5.18. The van der Waals surface area contributed by atoms with Crippen LogP contribution in [0.1, 0.15) is 16.8 Å². The van der Waals surface area contributed by atoms with Crippen molar-refractivity contribution < 1.29 is 4.79 Å². The molecule has 0 atom stereocenters. The number of nitrogen functional groups attached to an aromatic ring is 1. The molecule has 0 spiro atoms. The van der Waals surface area contributed by atoms with Crippen molar-refractivity contribution in [2.75, 3.05) is 11.1 Å². The number of carbonyl (C=O) groups is 1. The normalized spacial score (nSPS) is 9.91. The van der Waals surface area contributed by atoms with Crippen LogP contribution in [0.3, 0.4) is 0 Å². The van der Waals surface area contributed by atoms with E-state index in [0.717, 1.165) is 0 Å². The lowest BCUT2D eigenvalue weighted by atomic mass is 10.2. The molecule has 1 aromatic heterocycles. The predicted molar refractivity (Wildman–Crippen MR) is 51.5 cm³/mol. The fourth-order valence-corrected chi connectivity index (χ4v) is 1.79. The summed E-state index contributed by atoms with van der Waals surface area (Å²) in [7, 11) is 0. The molecule has 0 aliphatic heterocycles. The number of hydrogen-bond acceptors (Lipinski definition) is 3. The molecule has 1 aromatic rings. The summed E-state index contributed by atoms with van der Waals surface area (Å²) in [6, 6.07) is 1.77. The largest absolute Gasteiger partial charge is 0.390 e. The van der Waals surface area contributed by atoms with Crippen LogP contribution in [0.15, 0.2) is 11.4 Å². The van der Waals surface area contributed by atoms with Crippen molar-refractivity contribution >= 4 is 38.1 Å². The molecule has 11 heavy (non-hydrogen) atoms. The molecular formula is C7H8BrNOS. The van der Waals surface area contributed by atoms with Gasteiger partial charge in [-0.3, -0.25) is 4.79 Å². The van der Waals surface area contributed by atoms with Gasteiger partial charge in [0.05, 0.1) is 10.6 Å². The van der Waals surface area contributed by atoms with E-state index in [9.17, 15) is 4.79 Å². The molecule has 0 aliphatic rings. The maximum atomic E-state index is 11.2. The minimum Gasteiger partial charge on any atom is -0.390 e. The van der Waals surface area contributed by atoms with E-state index in [4.69, 9.17) is 5.73 Å². The second kappa shape index (κ2) is 3.88. The lowest BCUT2D eigenvalue weighted by Gasteiger charge is -1.94. The molecule has 1 rings (SSSR count). The van der Waals surface area contributed by atoms with Crippen LogP contribution >= 0.6 is 27.3 Å². The van der Waals surface area contributed by atoms with Crippen LogP contribution in [-0.4, -0.2) is 11.1 Å². The molecule has 0 amide bonds. The monoisotopic (exact) mass is 233 g/mol. The summed E-state index contributed by atoms with van der Waals surface area (Å²) in [4.78, 5) is 11.2. The van der Waals surface area contributed by atoms with E-state index >= 15 is 0 Å². The summed E-state index contributed by atoms with van der Waals surface area (Å²) in [6.45, 7) is 0. The van der Waals surface area contributed by atoms with Gasteiger partial charge in [0.1, 0.15) is 0 Å². The van der Waals surface area contributed by atoms with Crippen molar-refractivity contribution in [1.29, 1.82) is 0 Å². The SMILES string of the molecule is Nc1sccc1C(=O)CCBr. The van der Waals surface area contributed by atoms with E-state index in [1.165, 1.54) is 11.3 Å². The van der Waals surface area contributed by atoms with Crippen molar-refractivity contribution in [3.8, 4) is 0 Å². The number of nitrogens with two attached hydrogens (primary N) is 1. The van der Waals surface area contributed by atoms with Crippen LogP contribution < -0.4 is 5.73 Å². The Balaban J connectivity index is 2.76. The summed E-state index contributed by atoms with van der Waals surface area (Å²) in [5.41, 5.74) is 6.22. The molecule has 4 heteroatoms. The van der Waals surface area contributed by atoms with Gasteiger partial charge in [0, 0.05) is 11.8 Å². The molecule has 2 N–H and O–H groups in total. The summed E-state index contributed by atoms with van der Waals surface area (Å²) in [6.07, 6.45) is 0.515. The highest BCUT2D eigenvalue weighted by Crippen LogP contribution is 2.20. The Morgan fingerprint density at radius 2 is 2.45 bits per heavy atom. The number of carbonyl (C=O) groups excluding carboxylic acids is 1. The smallest absolute Gasteiger partial charge is 0.166 e. The van der Waals surface area contributed by atoms with Gasteiger partial charge >= 0.3 is 0 Å². The van der Waals surface area contributed by atoms with Crippen LogP contribution in [-0.2, 0) is 0 Å². The van der Waals surface area contributed by atoms with E-state index in [-0.39, 0.29) is 5.78 Å². The molecule has 2 nitrogen and oxygen atoms in total. The van der Waals surface area contributed by atoms with Crippen LogP contribution in [0.2, 0.25) is 0 Å². The first-order valence-electron chi connectivity index (χ1n) is 3.18. The Kier molecular flexibility index (Phi) is 3.08. The van der Waals surface area contributed by atoms with Crippen LogP contribution in [0, 0.1) is 0 Å². The van der Waals surface area contributed by atoms with Gasteiger partial charge in [0.15, 0.2) is 5.78 Å². The number of rotatable bonds is 3. The summed E-state index contributed by atoms with van der Waals surface area (Å²) in [5.74, 6) is 0.112. The lowest BCUT2D eigenvalue weighted by molar-refractivity contribution is 0.0991. The van der Waals surface area contributed by atoms with Crippen molar-refractivity contribution in [3.05, 3.63) is 17.0 Å². The summed E-state index contributed by atoms with van der Waals surface area (Å²) in [5, 5.41) is 3.15. The second-order valence-electron chi connectivity index (χ2n) is 2.06. The average Bonchev–Trinajstić information content (AvgIpc) is 2.36. The van der Waals surface area contributed by atoms with Gasteiger partial charge in [-0.1, -0.05) is 15.9 Å². The molecule has 1 heterocycles. The highest BCUT2D eigenvalue weighted by Gasteiger charge is 2.08. The Morgan fingerprint density at radius 3 is 2.91 bits per heavy atom. The second-order valence-corrected chi connectivity index (χ2v) is 3.80. The number of ketones is 1. The third-order valence-electron chi connectivity index (χ3n) is 1.32. The fourth-order valence-electron chi connectivity index (χ4n) is 0.772. The van der Waals surface area contributed by atoms with E-state index in [2.05, 4.69) is 15.9 Å². The molecule has 0 bridgehead atoms. The van der Waals surface area contributed by atoms with Gasteiger partial charge in [0.25, 0.3) is 0 Å². The van der Waals surface area contributed by atoms with Crippen molar-refractivity contribution in [1.82, 2.24) is 0 Å². The predicted octanol–water partition coefficient (Wildman–Crippen LogP) is 2.30. The molecule has 0 fully saturated rings. The standard InChI is InChI=1S/C7H8BrNOS/c8-3-1-6(10)5-2-4-11-7(5)9/h2,4H,1,3,9H2. The number of hydrogen-bond donors (Lipinski definition) is 1. The Bertz CT molecular complexity index is 259. The highest BCUT2D eigenvalue weighted by molar-refractivity contribution is 9.09. The summed E-state index contributed by atoms with van der Waals surface area (Å²) >= 11 is 4.60. The third kappa shape index (κ3) is 2.04. The Morgan fingerprint density at radius 1 is 1.73 bits per heavy atom. The number of anilines is 1. The van der Waals surface area contributed by atoms with E-state index in [0.29, 0.717) is 22.3 Å². The van der Waals surface area contributed by atoms with E-state index < -0.39 is 0 Å². The van der Waals surface area contributed by atoms with Gasteiger partial charge in [-0.25, -0.2) is 0 Å².